The number of benzene rings is 1. The lowest BCUT2D eigenvalue weighted by Gasteiger charge is -2.33. The maximum Gasteiger partial charge on any atom is 0.119 e. The molecule has 0 aliphatic carbocycles. The van der Waals surface area contributed by atoms with Gasteiger partial charge in [0, 0.05) is 4.75 Å². The molecule has 0 aromatic heterocycles. The molecular weight excluding hydrogens is 256 g/mol. The average Bonchev–Trinajstić information content (AvgIpc) is 2.33. The van der Waals surface area contributed by atoms with Gasteiger partial charge in [-0.05, 0) is 43.0 Å². The zero-order valence-electron chi connectivity index (χ0n) is 12.5. The predicted octanol–water partition coefficient (Wildman–Crippen LogP) is 3.54. The molecule has 1 aromatic carbocycles. The van der Waals surface area contributed by atoms with E-state index in [1.54, 1.807) is 6.08 Å². The van der Waals surface area contributed by atoms with Crippen LogP contribution in [-0.4, -0.2) is 28.1 Å². The van der Waals surface area contributed by atoms with E-state index < -0.39 is 9.93 Å². The topological polar surface area (TPSA) is 26.3 Å². The van der Waals surface area contributed by atoms with Crippen molar-refractivity contribution in [1.82, 2.24) is 0 Å². The second-order valence-electron chi connectivity index (χ2n) is 5.89. The summed E-state index contributed by atoms with van der Waals surface area (Å²) in [6, 6.07) is 7.88. The van der Waals surface area contributed by atoms with Gasteiger partial charge in [0.15, 0.2) is 0 Å². The number of hydrogen-bond donors (Lipinski definition) is 1. The summed E-state index contributed by atoms with van der Waals surface area (Å²) in [6.07, 6.45) is 7.36. The molecule has 1 aromatic rings. The highest BCUT2D eigenvalue weighted by Gasteiger charge is 2.26. The van der Waals surface area contributed by atoms with Gasteiger partial charge < -0.3 is 4.74 Å². The molecule has 0 bridgehead atoms. The zero-order chi connectivity index (χ0) is 14.5. The summed E-state index contributed by atoms with van der Waals surface area (Å²) < 4.78 is 17.7. The fourth-order valence-electron chi connectivity index (χ4n) is 1.70. The molecule has 0 unspecified atom stereocenters. The summed E-state index contributed by atoms with van der Waals surface area (Å²) in [7, 11) is -2.06. The molecule has 0 radical (unpaired) electrons. The Kier molecular flexibility index (Phi) is 5.36. The average molecular weight is 282 g/mol. The van der Waals surface area contributed by atoms with Crippen LogP contribution in [0.5, 0.6) is 5.75 Å². The maximum atomic E-state index is 12.1. The van der Waals surface area contributed by atoms with Gasteiger partial charge in [-0.1, -0.05) is 38.6 Å². The van der Waals surface area contributed by atoms with Gasteiger partial charge in [0.05, 0.1) is 6.61 Å². The molecular formula is C16H26O2S. The van der Waals surface area contributed by atoms with Gasteiger partial charge in [-0.25, -0.2) is 0 Å². The van der Waals surface area contributed by atoms with Crippen LogP contribution in [-0.2, 0) is 9.93 Å². The summed E-state index contributed by atoms with van der Waals surface area (Å²) in [5, 5.41) is 0. The molecule has 108 valence electrons. The number of ether oxygens (including phenoxy) is 1. The van der Waals surface area contributed by atoms with Crippen LogP contribution in [0.15, 0.2) is 30.8 Å². The first-order valence-corrected chi connectivity index (χ1v) is 9.27. The third kappa shape index (κ3) is 4.83. The molecule has 0 saturated heterocycles. The van der Waals surface area contributed by atoms with Gasteiger partial charge in [0.2, 0.25) is 0 Å². The van der Waals surface area contributed by atoms with Crippen molar-refractivity contribution in [2.45, 2.75) is 31.4 Å². The Labute approximate surface area is 118 Å². The molecule has 0 amide bonds. The normalized spacial score (nSPS) is 13.1. The minimum Gasteiger partial charge on any atom is -0.494 e. The van der Waals surface area contributed by atoms with E-state index in [1.807, 2.05) is 36.8 Å². The van der Waals surface area contributed by atoms with Crippen LogP contribution in [0.25, 0.3) is 6.08 Å². The van der Waals surface area contributed by atoms with E-state index in [-0.39, 0.29) is 4.75 Å². The van der Waals surface area contributed by atoms with Crippen molar-refractivity contribution in [2.24, 2.45) is 0 Å². The largest absolute Gasteiger partial charge is 0.494 e. The molecule has 19 heavy (non-hydrogen) atoms. The third-order valence-electron chi connectivity index (χ3n) is 3.75. The van der Waals surface area contributed by atoms with Gasteiger partial charge in [-0.3, -0.25) is 4.21 Å². The molecule has 0 spiro atoms. The van der Waals surface area contributed by atoms with Crippen LogP contribution < -0.4 is 4.74 Å². The fraction of sp³-hybridized carbons (Fsp3) is 0.500. The second kappa shape index (κ2) is 6.38. The Balaban J connectivity index is 2.43. The van der Waals surface area contributed by atoms with Gasteiger partial charge in [0.1, 0.15) is 5.75 Å². The summed E-state index contributed by atoms with van der Waals surface area (Å²) in [6.45, 7) is 8.55. The SMILES string of the molecule is C=Cc1cccc(OCCCC(C)(C)[SH](C)(C)=O)c1. The van der Waals surface area contributed by atoms with Crippen LogP contribution in [0.3, 0.4) is 0 Å². The molecule has 0 fully saturated rings. The van der Waals surface area contributed by atoms with Crippen LogP contribution in [0.1, 0.15) is 32.3 Å². The first kappa shape index (κ1) is 16.0. The molecule has 0 aliphatic rings. The van der Waals surface area contributed by atoms with Crippen LogP contribution in [0.2, 0.25) is 0 Å². The molecule has 0 heterocycles. The van der Waals surface area contributed by atoms with E-state index in [1.165, 1.54) is 0 Å². The minimum atomic E-state index is -2.06. The second-order valence-corrected chi connectivity index (χ2v) is 9.80. The lowest BCUT2D eigenvalue weighted by Crippen LogP contribution is -2.36. The van der Waals surface area contributed by atoms with Crippen molar-refractivity contribution in [3.05, 3.63) is 36.4 Å². The molecule has 3 heteroatoms. The van der Waals surface area contributed by atoms with Crippen molar-refractivity contribution in [3.8, 4) is 5.75 Å². The maximum absolute atomic E-state index is 12.1. The Morgan fingerprint density at radius 3 is 2.63 bits per heavy atom. The van der Waals surface area contributed by atoms with Gasteiger partial charge in [-0.2, -0.15) is 0 Å². The summed E-state index contributed by atoms with van der Waals surface area (Å²) >= 11 is 0. The minimum absolute atomic E-state index is 0.112. The Bertz CT molecular complexity index is 471. The fourth-order valence-corrected chi connectivity index (χ4v) is 2.39. The standard InChI is InChI=1S/C16H26O2S/c1-6-14-9-7-10-15(13-14)18-12-8-11-16(2,3)19(4,5)17/h6-7,9-10,13,19H,1,8,11-12H2,2-5H3. The number of thiol groups is 1. The van der Waals surface area contributed by atoms with Gasteiger partial charge in [0.25, 0.3) is 0 Å². The Morgan fingerprint density at radius 2 is 2.05 bits per heavy atom. The lowest BCUT2D eigenvalue weighted by atomic mass is 10.1. The molecule has 0 atom stereocenters. The quantitative estimate of drug-likeness (QED) is 0.611. The molecule has 0 saturated carbocycles. The summed E-state index contributed by atoms with van der Waals surface area (Å²) in [4.78, 5) is 0. The highest BCUT2D eigenvalue weighted by molar-refractivity contribution is 8.02. The third-order valence-corrected chi connectivity index (χ3v) is 6.89. The van der Waals surface area contributed by atoms with Crippen LogP contribution >= 0.6 is 0 Å². The van der Waals surface area contributed by atoms with E-state index in [9.17, 15) is 4.21 Å². The Morgan fingerprint density at radius 1 is 1.37 bits per heavy atom. The van der Waals surface area contributed by atoms with Gasteiger partial charge >= 0.3 is 0 Å². The van der Waals surface area contributed by atoms with E-state index in [0.717, 1.165) is 24.2 Å². The lowest BCUT2D eigenvalue weighted by molar-refractivity contribution is 0.300. The molecule has 2 nitrogen and oxygen atoms in total. The molecule has 1 rings (SSSR count). The van der Waals surface area contributed by atoms with Crippen molar-refractivity contribution >= 4 is 16.0 Å². The van der Waals surface area contributed by atoms with Crippen LogP contribution in [0, 0.1) is 0 Å². The predicted molar refractivity (Wildman–Crippen MR) is 86.7 cm³/mol. The number of hydrogen-bond acceptors (Lipinski definition) is 2. The first-order valence-electron chi connectivity index (χ1n) is 6.67. The van der Waals surface area contributed by atoms with E-state index in [4.69, 9.17) is 4.74 Å². The van der Waals surface area contributed by atoms with Crippen LogP contribution in [0.4, 0.5) is 0 Å². The summed E-state index contributed by atoms with van der Waals surface area (Å²) in [5.74, 6) is 0.867. The molecule has 0 aliphatic heterocycles. The number of rotatable bonds is 7. The van der Waals surface area contributed by atoms with Gasteiger partial charge in [-0.15, -0.1) is 9.93 Å². The van der Waals surface area contributed by atoms with E-state index in [0.29, 0.717) is 6.61 Å². The highest BCUT2D eigenvalue weighted by atomic mass is 32.2. The molecule has 0 N–H and O–H groups in total. The van der Waals surface area contributed by atoms with E-state index in [2.05, 4.69) is 20.4 Å². The first-order chi connectivity index (χ1) is 8.76. The highest BCUT2D eigenvalue weighted by Crippen LogP contribution is 2.25. The van der Waals surface area contributed by atoms with Crippen molar-refractivity contribution in [3.63, 3.8) is 0 Å². The zero-order valence-corrected chi connectivity index (χ0v) is 13.4. The smallest absolute Gasteiger partial charge is 0.119 e. The van der Waals surface area contributed by atoms with Crippen molar-refractivity contribution < 1.29 is 8.95 Å². The Hall–Kier alpha value is -1.09. The van der Waals surface area contributed by atoms with Crippen molar-refractivity contribution in [2.75, 3.05) is 19.1 Å². The van der Waals surface area contributed by atoms with E-state index >= 15 is 0 Å². The van der Waals surface area contributed by atoms with Crippen molar-refractivity contribution in [1.29, 1.82) is 0 Å². The monoisotopic (exact) mass is 282 g/mol. The summed E-state index contributed by atoms with van der Waals surface area (Å²) in [5.41, 5.74) is 1.06.